The van der Waals surface area contributed by atoms with Crippen LogP contribution >= 0.6 is 0 Å². The van der Waals surface area contributed by atoms with E-state index in [4.69, 9.17) is 13.9 Å². The van der Waals surface area contributed by atoms with Crippen LogP contribution < -0.4 is 0 Å². The summed E-state index contributed by atoms with van der Waals surface area (Å²) in [4.78, 5) is 24.7. The van der Waals surface area contributed by atoms with Crippen LogP contribution in [-0.2, 0) is 23.5 Å². The number of hydrogen-bond donors (Lipinski definition) is 0. The number of rotatable bonds is 14. The van der Waals surface area contributed by atoms with Crippen molar-refractivity contribution < 1.29 is 23.5 Å². The molecule has 1 aliphatic rings. The number of carbonyl (C=O) groups excluding carboxylic acids is 2. The second-order valence-electron chi connectivity index (χ2n) is 11.6. The third-order valence-electron chi connectivity index (χ3n) is 6.70. The Balaban J connectivity index is 2.56. The molecule has 1 aliphatic heterocycles. The lowest BCUT2D eigenvalue weighted by molar-refractivity contribution is -0.144. The molecular formula is C31H48O5Si. The Bertz CT molecular complexity index is 916. The summed E-state index contributed by atoms with van der Waals surface area (Å²) in [5.74, 6) is -0.434. The normalized spacial score (nSPS) is 20.3. The van der Waals surface area contributed by atoms with E-state index < -0.39 is 14.3 Å². The second-order valence-corrected chi connectivity index (χ2v) is 16.4. The monoisotopic (exact) mass is 528 g/mol. The molecule has 0 saturated carbocycles. The van der Waals surface area contributed by atoms with Crippen molar-refractivity contribution in [2.24, 2.45) is 0 Å². The van der Waals surface area contributed by atoms with Crippen molar-refractivity contribution in [3.8, 4) is 0 Å². The molecule has 1 rings (SSSR count). The molecule has 0 radical (unpaired) electrons. The predicted molar refractivity (Wildman–Crippen MR) is 156 cm³/mol. The molecule has 1 fully saturated rings. The fourth-order valence-corrected chi connectivity index (χ4v) is 4.63. The molecule has 0 aromatic heterocycles. The third kappa shape index (κ3) is 13.2. The van der Waals surface area contributed by atoms with Gasteiger partial charge in [0.15, 0.2) is 14.1 Å². The number of allylic oxidation sites excluding steroid dienone is 4. The lowest BCUT2D eigenvalue weighted by Gasteiger charge is -2.37. The van der Waals surface area contributed by atoms with E-state index in [1.54, 1.807) is 24.3 Å². The first-order valence-electron chi connectivity index (χ1n) is 13.1. The van der Waals surface area contributed by atoms with Crippen LogP contribution in [0.2, 0.25) is 18.1 Å². The zero-order valence-electron chi connectivity index (χ0n) is 24.1. The Kier molecular flexibility index (Phi) is 13.5. The van der Waals surface area contributed by atoms with Crippen LogP contribution in [0.25, 0.3) is 0 Å². The molecule has 0 unspecified atom stereocenters. The first-order chi connectivity index (χ1) is 17.1. The van der Waals surface area contributed by atoms with Gasteiger partial charge in [-0.3, -0.25) is 4.79 Å². The summed E-state index contributed by atoms with van der Waals surface area (Å²) in [6.07, 6.45) is 12.8. The molecule has 0 amide bonds. The van der Waals surface area contributed by atoms with Crippen LogP contribution in [0.5, 0.6) is 0 Å². The Hall–Kier alpha value is -2.28. The van der Waals surface area contributed by atoms with E-state index >= 15 is 0 Å². The summed E-state index contributed by atoms with van der Waals surface area (Å²) < 4.78 is 17.8. The summed E-state index contributed by atoms with van der Waals surface area (Å²) in [6.45, 7) is 26.8. The van der Waals surface area contributed by atoms with E-state index in [-0.39, 0.29) is 35.6 Å². The quantitative estimate of drug-likeness (QED) is 0.0764. The molecule has 0 aromatic carbocycles. The van der Waals surface area contributed by atoms with E-state index in [1.165, 1.54) is 6.08 Å². The zero-order chi connectivity index (χ0) is 28.2. The molecule has 0 bridgehead atoms. The Morgan fingerprint density at radius 1 is 1.19 bits per heavy atom. The second kappa shape index (κ2) is 15.2. The molecule has 1 saturated heterocycles. The summed E-state index contributed by atoms with van der Waals surface area (Å²) in [6, 6.07) is 0. The zero-order valence-corrected chi connectivity index (χ0v) is 25.1. The summed E-state index contributed by atoms with van der Waals surface area (Å²) in [5, 5.41) is 0.0764. The average molecular weight is 529 g/mol. The molecule has 0 aromatic rings. The number of esters is 1. The molecule has 37 heavy (non-hydrogen) atoms. The average Bonchev–Trinajstić information content (AvgIpc) is 2.75. The highest BCUT2D eigenvalue weighted by atomic mass is 28.4. The van der Waals surface area contributed by atoms with Gasteiger partial charge in [0.1, 0.15) is 6.10 Å². The highest BCUT2D eigenvalue weighted by Gasteiger charge is 2.37. The van der Waals surface area contributed by atoms with E-state index in [0.717, 1.165) is 29.6 Å². The topological polar surface area (TPSA) is 61.8 Å². The first kappa shape index (κ1) is 32.7. The Labute approximate surface area is 226 Å². The number of ether oxygens (including phenoxy) is 2. The minimum absolute atomic E-state index is 0.000194. The van der Waals surface area contributed by atoms with Gasteiger partial charge >= 0.3 is 5.97 Å². The lowest BCUT2D eigenvalue weighted by Crippen LogP contribution is -2.43. The van der Waals surface area contributed by atoms with Crippen LogP contribution in [0.4, 0.5) is 0 Å². The number of ketones is 1. The van der Waals surface area contributed by atoms with Gasteiger partial charge in [0.05, 0.1) is 18.8 Å². The fraction of sp³-hybridized carbons (Fsp3) is 0.548. The van der Waals surface area contributed by atoms with Crippen molar-refractivity contribution >= 4 is 20.1 Å². The van der Waals surface area contributed by atoms with Crippen LogP contribution in [0.15, 0.2) is 72.9 Å². The minimum atomic E-state index is -1.95. The van der Waals surface area contributed by atoms with Gasteiger partial charge in [0, 0.05) is 18.9 Å². The van der Waals surface area contributed by atoms with Gasteiger partial charge in [-0.2, -0.15) is 0 Å². The Morgan fingerprint density at radius 2 is 1.86 bits per heavy atom. The molecule has 5 nitrogen and oxygen atoms in total. The van der Waals surface area contributed by atoms with Crippen molar-refractivity contribution in [1.82, 2.24) is 0 Å². The van der Waals surface area contributed by atoms with Crippen molar-refractivity contribution in [2.45, 2.75) is 103 Å². The van der Waals surface area contributed by atoms with Crippen molar-refractivity contribution in [3.63, 3.8) is 0 Å². The van der Waals surface area contributed by atoms with Gasteiger partial charge in [-0.1, -0.05) is 68.4 Å². The maximum atomic E-state index is 12.4. The van der Waals surface area contributed by atoms with Gasteiger partial charge in [-0.05, 0) is 57.3 Å². The van der Waals surface area contributed by atoms with Gasteiger partial charge in [-0.25, -0.2) is 4.79 Å². The highest BCUT2D eigenvalue weighted by Crippen LogP contribution is 2.36. The summed E-state index contributed by atoms with van der Waals surface area (Å²) >= 11 is 0. The molecule has 0 N–H and O–H groups in total. The van der Waals surface area contributed by atoms with Crippen molar-refractivity contribution in [2.75, 3.05) is 6.61 Å². The summed E-state index contributed by atoms with van der Waals surface area (Å²) in [7, 11) is -1.95. The molecule has 3 atom stereocenters. The van der Waals surface area contributed by atoms with E-state index in [1.807, 2.05) is 19.9 Å². The van der Waals surface area contributed by atoms with Crippen molar-refractivity contribution in [3.05, 3.63) is 72.9 Å². The van der Waals surface area contributed by atoms with Gasteiger partial charge in [0.2, 0.25) is 0 Å². The van der Waals surface area contributed by atoms with Gasteiger partial charge < -0.3 is 13.9 Å². The fourth-order valence-electron chi connectivity index (χ4n) is 3.59. The first-order valence-corrected chi connectivity index (χ1v) is 16.0. The largest absolute Gasteiger partial charge is 0.456 e. The van der Waals surface area contributed by atoms with E-state index in [9.17, 15) is 9.59 Å². The van der Waals surface area contributed by atoms with Gasteiger partial charge in [0.25, 0.3) is 0 Å². The SMILES string of the molecule is C=C[C@@H]1CC(=C)C[C@H](C/C=C/C(=O)C/C(C)=C/C=C/C(=O)O[C@H](CO[Si](C)(C)C(C)(C)C)CC(=C)C)O1. The third-order valence-corrected chi connectivity index (χ3v) is 11.2. The minimum Gasteiger partial charge on any atom is -0.456 e. The number of carbonyl (C=O) groups is 2. The van der Waals surface area contributed by atoms with Crippen LogP contribution in [0.1, 0.15) is 66.7 Å². The molecule has 0 aliphatic carbocycles. The molecule has 0 spiro atoms. The highest BCUT2D eigenvalue weighted by molar-refractivity contribution is 6.74. The summed E-state index contributed by atoms with van der Waals surface area (Å²) in [5.41, 5.74) is 2.94. The Morgan fingerprint density at radius 3 is 2.46 bits per heavy atom. The van der Waals surface area contributed by atoms with Crippen LogP contribution in [0, 0.1) is 0 Å². The smallest absolute Gasteiger partial charge is 0.331 e. The van der Waals surface area contributed by atoms with Crippen LogP contribution in [0.3, 0.4) is 0 Å². The standard InChI is InChI=1S/C31H48O5Si/c1-11-27-20-25(5)21-28(35-27)16-13-15-26(32)19-24(4)14-12-17-30(33)36-29(18-23(2)3)22-34-37(9,10)31(6,7)8/h11-15,17,27-29H,1-2,5,16,18-22H2,3-4,6-10H3/b15-13+,17-12+,24-14+/t27-,28+,29+/m1/s1. The van der Waals surface area contributed by atoms with Crippen molar-refractivity contribution in [1.29, 1.82) is 0 Å². The van der Waals surface area contributed by atoms with E-state index in [2.05, 4.69) is 53.6 Å². The van der Waals surface area contributed by atoms with Gasteiger partial charge in [-0.15, -0.1) is 13.2 Å². The molecule has 206 valence electrons. The van der Waals surface area contributed by atoms with E-state index in [0.29, 0.717) is 19.4 Å². The maximum Gasteiger partial charge on any atom is 0.331 e. The molecular weight excluding hydrogens is 480 g/mol. The number of hydrogen-bond acceptors (Lipinski definition) is 5. The molecule has 1 heterocycles. The lowest BCUT2D eigenvalue weighted by atomic mass is 9.97. The van der Waals surface area contributed by atoms with Crippen LogP contribution in [-0.4, -0.2) is 45.0 Å². The predicted octanol–water partition coefficient (Wildman–Crippen LogP) is 7.58. The molecule has 6 heteroatoms. The maximum absolute atomic E-state index is 12.4.